The maximum Gasteiger partial charge on any atom is 0.338 e. The predicted molar refractivity (Wildman–Crippen MR) is 98.6 cm³/mol. The van der Waals surface area contributed by atoms with Crippen LogP contribution in [0.1, 0.15) is 12.0 Å². The molecule has 1 aliphatic heterocycles. The molecule has 3 aromatic rings. The number of carbonyl (C=O) groups is 1. The molecule has 0 saturated carbocycles. The van der Waals surface area contributed by atoms with Crippen LogP contribution >= 0.6 is 0 Å². The molecular formula is C18H18N4O3S. The van der Waals surface area contributed by atoms with Gasteiger partial charge in [0.25, 0.3) is 10.0 Å². The van der Waals surface area contributed by atoms with Crippen LogP contribution in [0.4, 0.5) is 10.7 Å². The molecule has 0 bridgehead atoms. The fourth-order valence-electron chi connectivity index (χ4n) is 3.11. The quantitative estimate of drug-likeness (QED) is 0.752. The molecule has 0 fully saturated rings. The zero-order valence-electron chi connectivity index (χ0n) is 14.2. The standard InChI is InChI=1S/C18H18N4O3S/c1-13-7-9-14(10-8-13)26(24,25)20-18(23)22-12-4-11-21-16-6-3-2-5-15(16)19-17(21)22/h2-3,5-10H,4,11-12H2,1H3,(H,20,23). The summed E-state index contributed by atoms with van der Waals surface area (Å²) >= 11 is 0. The Bertz CT molecular complexity index is 1090. The lowest BCUT2D eigenvalue weighted by Gasteiger charge is -2.27. The number of rotatable bonds is 2. The van der Waals surface area contributed by atoms with Gasteiger partial charge in [-0.1, -0.05) is 29.8 Å². The van der Waals surface area contributed by atoms with E-state index >= 15 is 0 Å². The summed E-state index contributed by atoms with van der Waals surface area (Å²) in [5, 5.41) is 0. The van der Waals surface area contributed by atoms with Crippen LogP contribution in [0.3, 0.4) is 0 Å². The van der Waals surface area contributed by atoms with Crippen LogP contribution in [-0.2, 0) is 16.6 Å². The molecule has 0 saturated heterocycles. The molecule has 0 aliphatic carbocycles. The third kappa shape index (κ3) is 2.82. The van der Waals surface area contributed by atoms with Crippen LogP contribution in [0.15, 0.2) is 53.4 Å². The fraction of sp³-hybridized carbons (Fsp3) is 0.222. The van der Waals surface area contributed by atoms with Crippen molar-refractivity contribution in [3.8, 4) is 0 Å². The van der Waals surface area contributed by atoms with E-state index in [1.165, 1.54) is 17.0 Å². The van der Waals surface area contributed by atoms with Gasteiger partial charge in [-0.2, -0.15) is 0 Å². The molecule has 1 aliphatic rings. The van der Waals surface area contributed by atoms with E-state index in [1.54, 1.807) is 12.1 Å². The Kier molecular flexibility index (Phi) is 3.91. The van der Waals surface area contributed by atoms with Gasteiger partial charge in [-0.15, -0.1) is 0 Å². The van der Waals surface area contributed by atoms with Gasteiger partial charge in [0.05, 0.1) is 15.9 Å². The molecule has 4 rings (SSSR count). The maximum absolute atomic E-state index is 12.7. The van der Waals surface area contributed by atoms with Crippen molar-refractivity contribution in [1.82, 2.24) is 14.3 Å². The summed E-state index contributed by atoms with van der Waals surface area (Å²) in [5.41, 5.74) is 2.66. The van der Waals surface area contributed by atoms with E-state index < -0.39 is 16.1 Å². The summed E-state index contributed by atoms with van der Waals surface area (Å²) in [5.74, 6) is 0.467. The highest BCUT2D eigenvalue weighted by Gasteiger charge is 2.29. The van der Waals surface area contributed by atoms with Crippen molar-refractivity contribution in [2.24, 2.45) is 0 Å². The number of anilines is 1. The number of benzene rings is 2. The SMILES string of the molecule is Cc1ccc(S(=O)(=O)NC(=O)N2CCCn3c2nc2ccccc23)cc1. The van der Waals surface area contributed by atoms with E-state index in [-0.39, 0.29) is 4.90 Å². The largest absolute Gasteiger partial charge is 0.338 e. The topological polar surface area (TPSA) is 84.3 Å². The fourth-order valence-corrected chi connectivity index (χ4v) is 4.07. The zero-order chi connectivity index (χ0) is 18.3. The number of nitrogens with zero attached hydrogens (tertiary/aromatic N) is 3. The van der Waals surface area contributed by atoms with E-state index in [1.807, 2.05) is 35.8 Å². The van der Waals surface area contributed by atoms with Gasteiger partial charge in [-0.3, -0.25) is 4.90 Å². The van der Waals surface area contributed by atoms with Crippen molar-refractivity contribution < 1.29 is 13.2 Å². The van der Waals surface area contributed by atoms with E-state index in [0.717, 1.165) is 29.6 Å². The Labute approximate surface area is 151 Å². The number of carbonyl (C=O) groups excluding carboxylic acids is 1. The maximum atomic E-state index is 12.7. The van der Waals surface area contributed by atoms with Gasteiger partial charge >= 0.3 is 6.03 Å². The van der Waals surface area contributed by atoms with Gasteiger partial charge < -0.3 is 4.57 Å². The first-order valence-electron chi connectivity index (χ1n) is 8.32. The van der Waals surface area contributed by atoms with Crippen molar-refractivity contribution in [1.29, 1.82) is 0 Å². The van der Waals surface area contributed by atoms with E-state index in [0.29, 0.717) is 12.5 Å². The lowest BCUT2D eigenvalue weighted by molar-refractivity contribution is 0.249. The summed E-state index contributed by atoms with van der Waals surface area (Å²) in [6, 6.07) is 13.3. The van der Waals surface area contributed by atoms with Crippen LogP contribution in [0.25, 0.3) is 11.0 Å². The molecule has 134 valence electrons. The van der Waals surface area contributed by atoms with Crippen molar-refractivity contribution in [3.63, 3.8) is 0 Å². The van der Waals surface area contributed by atoms with Crippen LogP contribution < -0.4 is 9.62 Å². The third-order valence-corrected chi connectivity index (χ3v) is 5.77. The average molecular weight is 370 g/mol. The normalized spacial score (nSPS) is 14.3. The van der Waals surface area contributed by atoms with Crippen LogP contribution in [-0.4, -0.2) is 30.5 Å². The van der Waals surface area contributed by atoms with Crippen LogP contribution in [0.2, 0.25) is 0 Å². The number of hydrogen-bond acceptors (Lipinski definition) is 4. The minimum atomic E-state index is -3.94. The van der Waals surface area contributed by atoms with E-state index in [4.69, 9.17) is 0 Å². The second-order valence-corrected chi connectivity index (χ2v) is 7.96. The van der Waals surface area contributed by atoms with Crippen LogP contribution in [0.5, 0.6) is 0 Å². The molecular weight excluding hydrogens is 352 g/mol. The number of amides is 2. The summed E-state index contributed by atoms with van der Waals surface area (Å²) in [6.07, 6.45) is 0.728. The number of aryl methyl sites for hydroxylation is 2. The first-order valence-corrected chi connectivity index (χ1v) is 9.80. The van der Waals surface area contributed by atoms with Crippen molar-refractivity contribution >= 4 is 33.0 Å². The first-order chi connectivity index (χ1) is 12.5. The highest BCUT2D eigenvalue weighted by molar-refractivity contribution is 7.90. The number of sulfonamides is 1. The van der Waals surface area contributed by atoms with Crippen LogP contribution in [0, 0.1) is 6.92 Å². The minimum Gasteiger partial charge on any atom is -0.310 e. The second-order valence-electron chi connectivity index (χ2n) is 6.28. The van der Waals surface area contributed by atoms with Crippen molar-refractivity contribution in [3.05, 3.63) is 54.1 Å². The molecule has 2 heterocycles. The van der Waals surface area contributed by atoms with Gasteiger partial charge in [0.1, 0.15) is 0 Å². The molecule has 1 N–H and O–H groups in total. The Morgan fingerprint density at radius 2 is 1.81 bits per heavy atom. The van der Waals surface area contributed by atoms with Gasteiger partial charge in [0.2, 0.25) is 5.95 Å². The highest BCUT2D eigenvalue weighted by Crippen LogP contribution is 2.26. The number of hydrogen-bond donors (Lipinski definition) is 1. The number of para-hydroxylation sites is 2. The number of nitrogens with one attached hydrogen (secondary N) is 1. The minimum absolute atomic E-state index is 0.0574. The molecule has 8 heteroatoms. The molecule has 2 aromatic carbocycles. The Hall–Kier alpha value is -2.87. The van der Waals surface area contributed by atoms with Gasteiger partial charge in [0.15, 0.2) is 0 Å². The number of urea groups is 1. The molecule has 0 spiro atoms. The Morgan fingerprint density at radius 1 is 1.08 bits per heavy atom. The molecule has 0 radical (unpaired) electrons. The third-order valence-electron chi connectivity index (χ3n) is 4.44. The lowest BCUT2D eigenvalue weighted by atomic mass is 10.2. The second kappa shape index (κ2) is 6.14. The average Bonchev–Trinajstić information content (AvgIpc) is 3.00. The highest BCUT2D eigenvalue weighted by atomic mass is 32.2. The molecule has 1 aromatic heterocycles. The molecule has 2 amide bonds. The number of imidazole rings is 1. The number of aromatic nitrogens is 2. The summed E-state index contributed by atoms with van der Waals surface area (Å²) < 4.78 is 29.1. The first kappa shape index (κ1) is 16.6. The van der Waals surface area contributed by atoms with Crippen molar-refractivity contribution in [2.45, 2.75) is 24.8 Å². The monoisotopic (exact) mass is 370 g/mol. The smallest absolute Gasteiger partial charge is 0.310 e. The molecule has 0 atom stereocenters. The Balaban J connectivity index is 1.65. The lowest BCUT2D eigenvalue weighted by Crippen LogP contribution is -2.46. The molecule has 7 nitrogen and oxygen atoms in total. The number of fused-ring (bicyclic) bond motifs is 3. The predicted octanol–water partition coefficient (Wildman–Crippen LogP) is 2.65. The zero-order valence-corrected chi connectivity index (χ0v) is 15.0. The summed E-state index contributed by atoms with van der Waals surface area (Å²) in [4.78, 5) is 18.6. The molecule has 0 unspecified atom stereocenters. The molecule has 26 heavy (non-hydrogen) atoms. The summed E-state index contributed by atoms with van der Waals surface area (Å²) in [6.45, 7) is 3.02. The van der Waals surface area contributed by atoms with E-state index in [9.17, 15) is 13.2 Å². The van der Waals surface area contributed by atoms with Gasteiger partial charge in [-0.05, 0) is 37.6 Å². The Morgan fingerprint density at radius 3 is 2.58 bits per heavy atom. The van der Waals surface area contributed by atoms with E-state index in [2.05, 4.69) is 9.71 Å². The van der Waals surface area contributed by atoms with Gasteiger partial charge in [0, 0.05) is 13.1 Å². The van der Waals surface area contributed by atoms with Gasteiger partial charge in [-0.25, -0.2) is 22.9 Å². The van der Waals surface area contributed by atoms with Crippen molar-refractivity contribution in [2.75, 3.05) is 11.4 Å². The summed E-state index contributed by atoms with van der Waals surface area (Å²) in [7, 11) is -3.94.